The topological polar surface area (TPSA) is 69.6 Å². The summed E-state index contributed by atoms with van der Waals surface area (Å²) in [5.74, 6) is -0.0575. The lowest BCUT2D eigenvalue weighted by Gasteiger charge is -2.20. The Hall–Kier alpha value is -1.13. The predicted molar refractivity (Wildman–Crippen MR) is 304 cm³/mol. The van der Waals surface area contributed by atoms with Gasteiger partial charge in [-0.05, 0) is 44.9 Å². The Morgan fingerprint density at radius 2 is 0.559 bits per heavy atom. The molecule has 0 aromatic rings. The summed E-state index contributed by atoms with van der Waals surface area (Å²) in [6.07, 6.45) is 80.9. The van der Waals surface area contributed by atoms with Gasteiger partial charge in [-0.25, -0.2) is 0 Å². The van der Waals surface area contributed by atoms with Crippen LogP contribution in [0.5, 0.6) is 0 Å². The summed E-state index contributed by atoms with van der Waals surface area (Å²) in [7, 11) is 0. The van der Waals surface area contributed by atoms with Crippen molar-refractivity contribution in [1.29, 1.82) is 0 Å². The fourth-order valence-corrected chi connectivity index (χ4v) is 10.1. The molecule has 0 aliphatic rings. The zero-order valence-electron chi connectivity index (χ0n) is 46.7. The van der Waals surface area contributed by atoms with Crippen molar-refractivity contribution in [2.45, 2.75) is 373 Å². The van der Waals surface area contributed by atoms with Gasteiger partial charge in [0.25, 0.3) is 0 Å². The van der Waals surface area contributed by atoms with Gasteiger partial charge >= 0.3 is 0 Å². The van der Waals surface area contributed by atoms with Gasteiger partial charge in [0.2, 0.25) is 5.91 Å². The molecule has 2 atom stereocenters. The van der Waals surface area contributed by atoms with E-state index in [0.717, 1.165) is 25.7 Å². The normalized spacial score (nSPS) is 12.8. The summed E-state index contributed by atoms with van der Waals surface area (Å²) in [4.78, 5) is 12.5. The van der Waals surface area contributed by atoms with Crippen LogP contribution in [0.3, 0.4) is 0 Å². The van der Waals surface area contributed by atoms with Crippen LogP contribution in [0.25, 0.3) is 0 Å². The first-order valence-corrected chi connectivity index (χ1v) is 31.6. The van der Waals surface area contributed by atoms with E-state index < -0.39 is 12.1 Å². The lowest BCUT2D eigenvalue weighted by Crippen LogP contribution is -2.45. The summed E-state index contributed by atoms with van der Waals surface area (Å²) in [5.41, 5.74) is 0. The van der Waals surface area contributed by atoms with Crippen LogP contribution in [0.15, 0.2) is 24.3 Å². The average Bonchev–Trinajstić information content (AvgIpc) is 3.34. The van der Waals surface area contributed by atoms with Crippen LogP contribution in [-0.4, -0.2) is 34.9 Å². The highest BCUT2D eigenvalue weighted by atomic mass is 16.3. The number of rotatable bonds is 59. The zero-order valence-corrected chi connectivity index (χ0v) is 46.7. The molecule has 0 aliphatic carbocycles. The molecule has 1 amide bonds. The number of carbonyl (C=O) groups excluding carboxylic acids is 1. The molecule has 4 nitrogen and oxygen atoms in total. The summed E-state index contributed by atoms with van der Waals surface area (Å²) in [6, 6.07) is -0.622. The number of carbonyl (C=O) groups is 1. The molecule has 0 aliphatic heterocycles. The van der Waals surface area contributed by atoms with Crippen molar-refractivity contribution in [2.24, 2.45) is 0 Å². The van der Waals surface area contributed by atoms with Crippen LogP contribution >= 0.6 is 0 Å². The maximum absolute atomic E-state index is 12.5. The highest BCUT2D eigenvalue weighted by Gasteiger charge is 2.18. The second-order valence-electron chi connectivity index (χ2n) is 21.8. The van der Waals surface area contributed by atoms with E-state index in [1.165, 1.54) is 315 Å². The fourth-order valence-electron chi connectivity index (χ4n) is 10.1. The van der Waals surface area contributed by atoms with Gasteiger partial charge in [-0.2, -0.15) is 0 Å². The minimum absolute atomic E-state index is 0.0575. The Bertz CT molecular complexity index is 994. The SMILES string of the molecule is CCCCCCCCCC/C=C\CCCCCCCCCCCCCCCC(=O)NC(CO)C(O)/C=C/CCCCCCCCCCCCCCCCCCCCCCCCCCCCCCC. The average molecular weight is 957 g/mol. The van der Waals surface area contributed by atoms with Gasteiger partial charge < -0.3 is 15.5 Å². The number of hydrogen-bond donors (Lipinski definition) is 3. The molecule has 0 saturated carbocycles. The van der Waals surface area contributed by atoms with Crippen LogP contribution in [0, 0.1) is 0 Å². The van der Waals surface area contributed by atoms with Gasteiger partial charge in [0.05, 0.1) is 18.8 Å². The highest BCUT2D eigenvalue weighted by Crippen LogP contribution is 2.18. The molecular formula is C64H125NO3. The molecule has 404 valence electrons. The lowest BCUT2D eigenvalue weighted by atomic mass is 10.0. The van der Waals surface area contributed by atoms with E-state index in [1.807, 2.05) is 6.08 Å². The molecule has 2 unspecified atom stereocenters. The molecule has 68 heavy (non-hydrogen) atoms. The number of aliphatic hydroxyl groups is 2. The van der Waals surface area contributed by atoms with E-state index in [9.17, 15) is 15.0 Å². The smallest absolute Gasteiger partial charge is 0.220 e. The summed E-state index contributed by atoms with van der Waals surface area (Å²) in [5, 5.41) is 23.3. The van der Waals surface area contributed by atoms with Gasteiger partial charge in [-0.3, -0.25) is 4.79 Å². The molecule has 0 heterocycles. The predicted octanol–water partition coefficient (Wildman–Crippen LogP) is 21.0. The number of allylic oxidation sites excluding steroid dienone is 3. The van der Waals surface area contributed by atoms with Crippen LogP contribution in [0.1, 0.15) is 361 Å². The van der Waals surface area contributed by atoms with E-state index in [2.05, 4.69) is 31.3 Å². The minimum atomic E-state index is -0.839. The third-order valence-corrected chi connectivity index (χ3v) is 14.9. The molecule has 0 radical (unpaired) electrons. The van der Waals surface area contributed by atoms with Crippen LogP contribution in [0.4, 0.5) is 0 Å². The molecule has 4 heteroatoms. The second kappa shape index (κ2) is 60.2. The number of hydrogen-bond acceptors (Lipinski definition) is 3. The first-order chi connectivity index (χ1) is 33.7. The Morgan fingerprint density at radius 1 is 0.338 bits per heavy atom. The molecule has 0 fully saturated rings. The van der Waals surface area contributed by atoms with E-state index in [1.54, 1.807) is 6.08 Å². The molecule has 0 aromatic heterocycles. The van der Waals surface area contributed by atoms with Crippen LogP contribution < -0.4 is 5.32 Å². The molecule has 3 N–H and O–H groups in total. The van der Waals surface area contributed by atoms with E-state index in [-0.39, 0.29) is 12.5 Å². The van der Waals surface area contributed by atoms with Crippen LogP contribution in [0.2, 0.25) is 0 Å². The molecular weight excluding hydrogens is 831 g/mol. The van der Waals surface area contributed by atoms with Gasteiger partial charge in [0.1, 0.15) is 0 Å². The monoisotopic (exact) mass is 956 g/mol. The van der Waals surface area contributed by atoms with Crippen molar-refractivity contribution >= 4 is 5.91 Å². The summed E-state index contributed by atoms with van der Waals surface area (Å²) >= 11 is 0. The Morgan fingerprint density at radius 3 is 0.809 bits per heavy atom. The maximum atomic E-state index is 12.5. The standard InChI is InChI=1S/C64H125NO3/c1-3-5-7-9-11-13-15-17-19-21-23-25-27-29-30-31-32-33-34-36-37-39-41-43-45-47-49-51-53-55-57-59-63(67)62(61-66)65-64(68)60-58-56-54-52-50-48-46-44-42-40-38-35-28-26-24-22-20-18-16-14-12-10-8-6-4-2/h22,24,57,59,62-63,66-67H,3-21,23,25-56,58,60-61H2,1-2H3,(H,65,68)/b24-22-,59-57+. The first kappa shape index (κ1) is 66.9. The van der Waals surface area contributed by atoms with Gasteiger partial charge in [0, 0.05) is 6.42 Å². The zero-order chi connectivity index (χ0) is 49.2. The summed E-state index contributed by atoms with van der Waals surface area (Å²) < 4.78 is 0. The van der Waals surface area contributed by atoms with E-state index in [4.69, 9.17) is 0 Å². The fraction of sp³-hybridized carbons (Fsp3) is 0.922. The molecule has 0 rings (SSSR count). The van der Waals surface area contributed by atoms with Crippen molar-refractivity contribution in [2.75, 3.05) is 6.61 Å². The Labute approximate surface area is 428 Å². The van der Waals surface area contributed by atoms with Gasteiger partial charge in [-0.1, -0.05) is 334 Å². The highest BCUT2D eigenvalue weighted by molar-refractivity contribution is 5.76. The van der Waals surface area contributed by atoms with E-state index >= 15 is 0 Å². The third kappa shape index (κ3) is 55.8. The number of nitrogens with one attached hydrogen (secondary N) is 1. The van der Waals surface area contributed by atoms with Crippen molar-refractivity contribution in [3.8, 4) is 0 Å². The quantitative estimate of drug-likeness (QED) is 0.0420. The first-order valence-electron chi connectivity index (χ1n) is 31.6. The molecule has 0 aromatic carbocycles. The maximum Gasteiger partial charge on any atom is 0.220 e. The molecule has 0 spiro atoms. The Balaban J connectivity index is 3.43. The number of aliphatic hydroxyl groups excluding tert-OH is 2. The van der Waals surface area contributed by atoms with Gasteiger partial charge in [0.15, 0.2) is 0 Å². The third-order valence-electron chi connectivity index (χ3n) is 14.9. The second-order valence-corrected chi connectivity index (χ2v) is 21.8. The number of unbranched alkanes of at least 4 members (excludes halogenated alkanes) is 50. The largest absolute Gasteiger partial charge is 0.394 e. The summed E-state index contributed by atoms with van der Waals surface area (Å²) in [6.45, 7) is 4.35. The van der Waals surface area contributed by atoms with Crippen molar-refractivity contribution in [1.82, 2.24) is 5.32 Å². The van der Waals surface area contributed by atoms with Crippen molar-refractivity contribution < 1.29 is 15.0 Å². The van der Waals surface area contributed by atoms with Crippen molar-refractivity contribution in [3.63, 3.8) is 0 Å². The van der Waals surface area contributed by atoms with Gasteiger partial charge in [-0.15, -0.1) is 0 Å². The number of amides is 1. The Kier molecular flexibility index (Phi) is 59.2. The van der Waals surface area contributed by atoms with E-state index in [0.29, 0.717) is 6.42 Å². The van der Waals surface area contributed by atoms with Crippen LogP contribution in [-0.2, 0) is 4.79 Å². The lowest BCUT2D eigenvalue weighted by molar-refractivity contribution is -0.123. The molecule has 0 bridgehead atoms. The minimum Gasteiger partial charge on any atom is -0.394 e. The van der Waals surface area contributed by atoms with Crippen molar-refractivity contribution in [3.05, 3.63) is 24.3 Å². The molecule has 0 saturated heterocycles.